The molecule has 0 spiro atoms. The first kappa shape index (κ1) is 11.4. The Hall–Kier alpha value is -0.650. The molecule has 76 valence electrons. The van der Waals surface area contributed by atoms with E-state index in [2.05, 4.69) is 5.32 Å². The fourth-order valence-corrected chi connectivity index (χ4v) is 1.76. The van der Waals surface area contributed by atoms with Gasteiger partial charge in [-0.3, -0.25) is 4.79 Å². The zero-order valence-corrected chi connectivity index (χ0v) is 10.1. The van der Waals surface area contributed by atoms with E-state index in [9.17, 15) is 9.18 Å². The van der Waals surface area contributed by atoms with Gasteiger partial charge in [0.2, 0.25) is 0 Å². The second-order valence-electron chi connectivity index (χ2n) is 3.22. The smallest absolute Gasteiger partial charge is 0.255 e. The standard InChI is InChI=1S/C10H11FINO/c1-6(2)13-10(14)9-7(11)4-3-5-8(9)12/h3-6H,1-2H3,(H,13,14). The van der Waals surface area contributed by atoms with Crippen LogP contribution in [-0.4, -0.2) is 11.9 Å². The van der Waals surface area contributed by atoms with E-state index in [0.29, 0.717) is 3.57 Å². The van der Waals surface area contributed by atoms with Crippen LogP contribution in [-0.2, 0) is 0 Å². The van der Waals surface area contributed by atoms with Crippen LogP contribution in [0.5, 0.6) is 0 Å². The average Bonchev–Trinajstić information content (AvgIpc) is 2.01. The van der Waals surface area contributed by atoms with Gasteiger partial charge >= 0.3 is 0 Å². The van der Waals surface area contributed by atoms with Gasteiger partial charge in [0.05, 0.1) is 5.56 Å². The number of halogens is 2. The van der Waals surface area contributed by atoms with Crippen LogP contribution < -0.4 is 5.32 Å². The van der Waals surface area contributed by atoms with Crippen molar-refractivity contribution < 1.29 is 9.18 Å². The Labute approximate surface area is 96.0 Å². The molecule has 0 aliphatic heterocycles. The molecule has 0 atom stereocenters. The Kier molecular flexibility index (Phi) is 3.86. The van der Waals surface area contributed by atoms with Crippen LogP contribution in [0.4, 0.5) is 4.39 Å². The number of nitrogens with one attached hydrogen (secondary N) is 1. The number of benzene rings is 1. The van der Waals surface area contributed by atoms with Crippen molar-refractivity contribution in [2.45, 2.75) is 19.9 Å². The van der Waals surface area contributed by atoms with E-state index in [4.69, 9.17) is 0 Å². The molecule has 1 aromatic carbocycles. The highest BCUT2D eigenvalue weighted by molar-refractivity contribution is 14.1. The molecule has 0 radical (unpaired) electrons. The number of carbonyl (C=O) groups excluding carboxylic acids is 1. The predicted molar refractivity (Wildman–Crippen MR) is 61.7 cm³/mol. The van der Waals surface area contributed by atoms with Gasteiger partial charge in [0.1, 0.15) is 5.82 Å². The maximum atomic E-state index is 13.3. The number of amides is 1. The summed E-state index contributed by atoms with van der Waals surface area (Å²) in [6.07, 6.45) is 0. The van der Waals surface area contributed by atoms with Gasteiger partial charge in [-0.25, -0.2) is 4.39 Å². The molecule has 14 heavy (non-hydrogen) atoms. The van der Waals surface area contributed by atoms with Crippen molar-refractivity contribution in [1.29, 1.82) is 0 Å². The van der Waals surface area contributed by atoms with E-state index >= 15 is 0 Å². The van der Waals surface area contributed by atoms with Gasteiger partial charge in [-0.05, 0) is 48.6 Å². The van der Waals surface area contributed by atoms with Crippen LogP contribution >= 0.6 is 22.6 Å². The summed E-state index contributed by atoms with van der Waals surface area (Å²) in [6.45, 7) is 3.68. The minimum atomic E-state index is -0.477. The number of hydrogen-bond donors (Lipinski definition) is 1. The van der Waals surface area contributed by atoms with Gasteiger partial charge in [0.15, 0.2) is 0 Å². The Morgan fingerprint density at radius 1 is 1.50 bits per heavy atom. The topological polar surface area (TPSA) is 29.1 Å². The molecule has 0 saturated carbocycles. The lowest BCUT2D eigenvalue weighted by Crippen LogP contribution is -2.31. The summed E-state index contributed by atoms with van der Waals surface area (Å²) >= 11 is 1.95. The van der Waals surface area contributed by atoms with Crippen molar-refractivity contribution in [3.05, 3.63) is 33.1 Å². The highest BCUT2D eigenvalue weighted by Gasteiger charge is 2.15. The molecule has 1 amide bonds. The quantitative estimate of drug-likeness (QED) is 0.836. The minimum absolute atomic E-state index is 0.0120. The molecule has 1 aromatic rings. The van der Waals surface area contributed by atoms with Crippen molar-refractivity contribution in [2.24, 2.45) is 0 Å². The summed E-state index contributed by atoms with van der Waals surface area (Å²) < 4.78 is 13.9. The van der Waals surface area contributed by atoms with E-state index in [-0.39, 0.29) is 17.5 Å². The minimum Gasteiger partial charge on any atom is -0.350 e. The Bertz CT molecular complexity index is 332. The zero-order valence-electron chi connectivity index (χ0n) is 7.97. The van der Waals surface area contributed by atoms with Gasteiger partial charge in [-0.2, -0.15) is 0 Å². The normalized spacial score (nSPS) is 10.4. The largest absolute Gasteiger partial charge is 0.350 e. The van der Waals surface area contributed by atoms with Crippen LogP contribution in [0.3, 0.4) is 0 Å². The lowest BCUT2D eigenvalue weighted by Gasteiger charge is -2.10. The van der Waals surface area contributed by atoms with Crippen LogP contribution in [0.2, 0.25) is 0 Å². The third kappa shape index (κ3) is 2.67. The van der Waals surface area contributed by atoms with Crippen molar-refractivity contribution in [2.75, 3.05) is 0 Å². The molecule has 0 fully saturated rings. The molecule has 2 nitrogen and oxygen atoms in total. The first-order chi connectivity index (χ1) is 6.52. The molecule has 0 aliphatic carbocycles. The van der Waals surface area contributed by atoms with Crippen LogP contribution in [0.15, 0.2) is 18.2 Å². The average molecular weight is 307 g/mol. The number of hydrogen-bond acceptors (Lipinski definition) is 1. The van der Waals surface area contributed by atoms with Gasteiger partial charge in [0, 0.05) is 9.61 Å². The predicted octanol–water partition coefficient (Wildman–Crippen LogP) is 2.57. The second kappa shape index (κ2) is 4.72. The first-order valence-electron chi connectivity index (χ1n) is 4.27. The Balaban J connectivity index is 3.00. The van der Waals surface area contributed by atoms with Crippen molar-refractivity contribution in [3.8, 4) is 0 Å². The summed E-state index contributed by atoms with van der Waals surface area (Å²) in [5.41, 5.74) is 0.127. The molecule has 0 aromatic heterocycles. The monoisotopic (exact) mass is 307 g/mol. The van der Waals surface area contributed by atoms with E-state index in [1.807, 2.05) is 36.4 Å². The van der Waals surface area contributed by atoms with Crippen molar-refractivity contribution in [3.63, 3.8) is 0 Å². The lowest BCUT2D eigenvalue weighted by molar-refractivity contribution is 0.0938. The molecule has 0 heterocycles. The molecule has 0 bridgehead atoms. The van der Waals surface area contributed by atoms with Gasteiger partial charge in [-0.1, -0.05) is 6.07 Å². The first-order valence-corrected chi connectivity index (χ1v) is 5.35. The van der Waals surface area contributed by atoms with Crippen LogP contribution in [0, 0.1) is 9.39 Å². The number of carbonyl (C=O) groups is 1. The summed E-state index contributed by atoms with van der Waals surface area (Å²) in [7, 11) is 0. The van der Waals surface area contributed by atoms with E-state index in [1.165, 1.54) is 6.07 Å². The molecule has 4 heteroatoms. The van der Waals surface area contributed by atoms with Crippen LogP contribution in [0.1, 0.15) is 24.2 Å². The maximum absolute atomic E-state index is 13.3. The maximum Gasteiger partial charge on any atom is 0.255 e. The molecular weight excluding hydrogens is 296 g/mol. The highest BCUT2D eigenvalue weighted by atomic mass is 127. The fourth-order valence-electron chi connectivity index (χ4n) is 1.05. The van der Waals surface area contributed by atoms with Crippen molar-refractivity contribution >= 4 is 28.5 Å². The molecule has 0 unspecified atom stereocenters. The Morgan fingerprint density at radius 2 is 2.14 bits per heavy atom. The van der Waals surface area contributed by atoms with E-state index in [1.54, 1.807) is 12.1 Å². The molecule has 0 saturated heterocycles. The summed E-state index contributed by atoms with van der Waals surface area (Å²) in [5, 5.41) is 2.66. The lowest BCUT2D eigenvalue weighted by atomic mass is 10.2. The highest BCUT2D eigenvalue weighted by Crippen LogP contribution is 2.15. The second-order valence-corrected chi connectivity index (χ2v) is 4.39. The number of rotatable bonds is 2. The van der Waals surface area contributed by atoms with E-state index < -0.39 is 5.82 Å². The van der Waals surface area contributed by atoms with Gasteiger partial charge in [0.25, 0.3) is 5.91 Å². The Morgan fingerprint density at radius 3 is 2.64 bits per heavy atom. The zero-order chi connectivity index (χ0) is 10.7. The van der Waals surface area contributed by atoms with E-state index in [0.717, 1.165) is 0 Å². The molecular formula is C10H11FINO. The molecule has 1 rings (SSSR count). The van der Waals surface area contributed by atoms with Crippen LogP contribution in [0.25, 0.3) is 0 Å². The SMILES string of the molecule is CC(C)NC(=O)c1c(F)cccc1I. The molecule has 0 aliphatic rings. The third-order valence-corrected chi connectivity index (χ3v) is 2.51. The molecule has 1 N–H and O–H groups in total. The van der Waals surface area contributed by atoms with Crippen molar-refractivity contribution in [1.82, 2.24) is 5.32 Å². The summed E-state index contributed by atoms with van der Waals surface area (Å²) in [6, 6.07) is 4.59. The fraction of sp³-hybridized carbons (Fsp3) is 0.300. The third-order valence-electron chi connectivity index (χ3n) is 1.61. The van der Waals surface area contributed by atoms with Gasteiger partial charge < -0.3 is 5.32 Å². The summed E-state index contributed by atoms with van der Waals surface area (Å²) in [5.74, 6) is -0.836. The van der Waals surface area contributed by atoms with Gasteiger partial charge in [-0.15, -0.1) is 0 Å². The summed E-state index contributed by atoms with van der Waals surface area (Å²) in [4.78, 5) is 11.5.